The van der Waals surface area contributed by atoms with Crippen molar-refractivity contribution in [3.8, 4) is 22.6 Å². The number of nitro benzene ring substituents is 2. The summed E-state index contributed by atoms with van der Waals surface area (Å²) in [4.78, 5) is 33.9. The number of hydrogen-bond acceptors (Lipinski definition) is 11. The van der Waals surface area contributed by atoms with Gasteiger partial charge in [-0.3, -0.25) is 25.0 Å². The summed E-state index contributed by atoms with van der Waals surface area (Å²) in [6.07, 6.45) is 0. The lowest BCUT2D eigenvalue weighted by molar-refractivity contribution is -0.386. The summed E-state index contributed by atoms with van der Waals surface area (Å²) in [6.45, 7) is 0. The number of halogens is 2. The molecule has 0 aliphatic heterocycles. The van der Waals surface area contributed by atoms with Crippen molar-refractivity contribution in [2.24, 2.45) is 0 Å². The van der Waals surface area contributed by atoms with Gasteiger partial charge in [-0.15, -0.1) is 0 Å². The van der Waals surface area contributed by atoms with Gasteiger partial charge in [-0.1, -0.05) is 23.2 Å². The Kier molecular flexibility index (Phi) is 7.14. The minimum atomic E-state index is -4.77. The van der Waals surface area contributed by atoms with E-state index in [4.69, 9.17) is 31.6 Å². The van der Waals surface area contributed by atoms with Crippen LogP contribution in [0.2, 0.25) is 10.0 Å². The van der Waals surface area contributed by atoms with Gasteiger partial charge in [0.15, 0.2) is 5.78 Å². The summed E-state index contributed by atoms with van der Waals surface area (Å²) in [7, 11) is -9.54. The van der Waals surface area contributed by atoms with E-state index in [1.807, 2.05) is 0 Å². The fourth-order valence-corrected chi connectivity index (χ4v) is 6.35. The van der Waals surface area contributed by atoms with E-state index < -0.39 is 79.3 Å². The Morgan fingerprint density at radius 3 is 1.24 bits per heavy atom. The first kappa shape index (κ1) is 28.9. The van der Waals surface area contributed by atoms with Crippen LogP contribution < -0.4 is 8.37 Å². The molecule has 0 amide bonds. The van der Waals surface area contributed by atoms with Gasteiger partial charge in [0.2, 0.25) is 0 Å². The third kappa shape index (κ3) is 5.25. The van der Waals surface area contributed by atoms with E-state index in [2.05, 4.69) is 0 Å². The van der Waals surface area contributed by atoms with Gasteiger partial charge in [-0.25, -0.2) is 0 Å². The van der Waals surface area contributed by atoms with Gasteiger partial charge >= 0.3 is 20.2 Å². The molecular weight excluding hydrogens is 639 g/mol. The second-order valence-corrected chi connectivity index (χ2v) is 12.5. The summed E-state index contributed by atoms with van der Waals surface area (Å²) in [5.74, 6) is -1.48. The molecule has 1 aliphatic rings. The van der Waals surface area contributed by atoms with Crippen LogP contribution in [0.5, 0.6) is 11.5 Å². The molecule has 5 rings (SSSR count). The maximum absolute atomic E-state index is 13.4. The summed E-state index contributed by atoms with van der Waals surface area (Å²) >= 11 is 11.6. The summed E-state index contributed by atoms with van der Waals surface area (Å²) in [6, 6.07) is 12.9. The molecule has 0 unspecified atom stereocenters. The highest BCUT2D eigenvalue weighted by atomic mass is 35.5. The second-order valence-electron chi connectivity index (χ2n) is 8.56. The van der Waals surface area contributed by atoms with Gasteiger partial charge in [-0.05, 0) is 60.7 Å². The lowest BCUT2D eigenvalue weighted by atomic mass is 10.0. The number of ketones is 1. The Labute approximate surface area is 246 Å². The Morgan fingerprint density at radius 2 is 0.929 bits per heavy atom. The number of hydrogen-bond donors (Lipinski definition) is 0. The molecule has 0 saturated heterocycles. The maximum Gasteiger partial charge on any atom is 0.339 e. The quantitative estimate of drug-likeness (QED) is 0.116. The molecule has 4 aromatic carbocycles. The minimum absolute atomic E-state index is 0.191. The molecule has 0 spiro atoms. The van der Waals surface area contributed by atoms with Gasteiger partial charge in [0, 0.05) is 33.3 Å². The number of nitro groups is 2. The Balaban J connectivity index is 1.66. The van der Waals surface area contributed by atoms with Crippen LogP contribution in [0.25, 0.3) is 11.1 Å². The highest BCUT2D eigenvalue weighted by Crippen LogP contribution is 2.49. The summed E-state index contributed by atoms with van der Waals surface area (Å²) < 4.78 is 62.0. The number of carbonyl (C=O) groups is 1. The summed E-state index contributed by atoms with van der Waals surface area (Å²) in [5, 5.41) is 24.6. The molecule has 17 heteroatoms. The molecule has 0 radical (unpaired) electrons. The minimum Gasteiger partial charge on any atom is -0.379 e. The van der Waals surface area contributed by atoms with Crippen molar-refractivity contribution in [3.63, 3.8) is 0 Å². The molecule has 4 aromatic rings. The fraction of sp³-hybridized carbons (Fsp3) is 0. The lowest BCUT2D eigenvalue weighted by Gasteiger charge is -2.10. The zero-order valence-electron chi connectivity index (χ0n) is 20.4. The standard InChI is InChI=1S/C25H12Cl2N2O11S2/c26-13-1-5-15(6-2-13)39-41(35,36)17-9-19-23(21(11-17)28(31)32)24-20(25(19)30)10-18(12-22(24)29(33)34)42(37,38)40-16-7-3-14(27)4-8-16/h1-12H. The molecule has 1 aliphatic carbocycles. The molecule has 42 heavy (non-hydrogen) atoms. The Morgan fingerprint density at radius 1 is 0.595 bits per heavy atom. The van der Waals surface area contributed by atoms with Gasteiger partial charge in [0.25, 0.3) is 11.4 Å². The SMILES string of the molecule is O=C1c2cc(S(=O)(=O)Oc3ccc(Cl)cc3)cc([N+](=O)[O-])c2-c2c1cc(S(=O)(=O)Oc1ccc(Cl)cc1)cc2[N+](=O)[O-]. The molecule has 0 fully saturated rings. The van der Waals surface area contributed by atoms with Crippen molar-refractivity contribution >= 4 is 60.6 Å². The number of rotatable bonds is 8. The molecule has 0 aromatic heterocycles. The zero-order valence-corrected chi connectivity index (χ0v) is 23.5. The number of fused-ring (bicyclic) bond motifs is 3. The number of nitrogens with zero attached hydrogens (tertiary/aromatic N) is 2. The van der Waals surface area contributed by atoms with Gasteiger partial charge < -0.3 is 8.37 Å². The first-order valence-corrected chi connectivity index (χ1v) is 14.9. The molecule has 0 atom stereocenters. The highest BCUT2D eigenvalue weighted by molar-refractivity contribution is 7.87. The monoisotopic (exact) mass is 650 g/mol. The average molecular weight is 651 g/mol. The predicted molar refractivity (Wildman–Crippen MR) is 147 cm³/mol. The smallest absolute Gasteiger partial charge is 0.339 e. The van der Waals surface area contributed by atoms with E-state index in [9.17, 15) is 41.9 Å². The summed E-state index contributed by atoms with van der Waals surface area (Å²) in [5.41, 5.74) is -4.22. The molecular formula is C25H12Cl2N2O11S2. The predicted octanol–water partition coefficient (Wildman–Crippen LogP) is 5.56. The molecule has 0 heterocycles. The number of carbonyl (C=O) groups excluding carboxylic acids is 1. The van der Waals surface area contributed by atoms with Crippen molar-refractivity contribution < 1.29 is 39.8 Å². The third-order valence-electron chi connectivity index (χ3n) is 5.93. The van der Waals surface area contributed by atoms with Gasteiger partial charge in [0.05, 0.1) is 21.0 Å². The molecule has 0 N–H and O–H groups in total. The molecule has 214 valence electrons. The van der Waals surface area contributed by atoms with Crippen molar-refractivity contribution in [2.75, 3.05) is 0 Å². The Hall–Kier alpha value is -4.57. The van der Waals surface area contributed by atoms with E-state index >= 15 is 0 Å². The van der Waals surface area contributed by atoms with Crippen LogP contribution in [0.4, 0.5) is 11.4 Å². The van der Waals surface area contributed by atoms with Crippen LogP contribution in [0.3, 0.4) is 0 Å². The first-order valence-electron chi connectivity index (χ1n) is 11.3. The van der Waals surface area contributed by atoms with E-state index in [1.54, 1.807) is 0 Å². The second kappa shape index (κ2) is 10.4. The third-order valence-corrected chi connectivity index (χ3v) is 8.89. The topological polar surface area (TPSA) is 190 Å². The van der Waals surface area contributed by atoms with E-state index in [0.29, 0.717) is 12.1 Å². The molecule has 0 saturated carbocycles. The maximum atomic E-state index is 13.4. The van der Waals surface area contributed by atoms with Crippen LogP contribution in [0.15, 0.2) is 82.6 Å². The largest absolute Gasteiger partial charge is 0.379 e. The lowest BCUT2D eigenvalue weighted by Crippen LogP contribution is -2.12. The van der Waals surface area contributed by atoms with Crippen LogP contribution in [0.1, 0.15) is 15.9 Å². The number of benzene rings is 4. The van der Waals surface area contributed by atoms with Crippen molar-refractivity contribution in [3.05, 3.63) is 114 Å². The molecule has 13 nitrogen and oxygen atoms in total. The van der Waals surface area contributed by atoms with E-state index in [1.165, 1.54) is 48.5 Å². The zero-order chi connectivity index (χ0) is 30.6. The first-order chi connectivity index (χ1) is 19.7. The average Bonchev–Trinajstić information content (AvgIpc) is 3.21. The van der Waals surface area contributed by atoms with Crippen molar-refractivity contribution in [1.82, 2.24) is 0 Å². The van der Waals surface area contributed by atoms with Gasteiger partial charge in [-0.2, -0.15) is 16.8 Å². The van der Waals surface area contributed by atoms with Crippen LogP contribution in [0, 0.1) is 20.2 Å². The van der Waals surface area contributed by atoms with E-state index in [0.717, 1.165) is 12.1 Å². The van der Waals surface area contributed by atoms with Crippen molar-refractivity contribution in [1.29, 1.82) is 0 Å². The van der Waals surface area contributed by atoms with E-state index in [-0.39, 0.29) is 21.5 Å². The van der Waals surface area contributed by atoms with Crippen LogP contribution >= 0.6 is 23.2 Å². The Bertz CT molecular complexity index is 1900. The highest BCUT2D eigenvalue weighted by Gasteiger charge is 2.42. The normalized spacial score (nSPS) is 12.4. The van der Waals surface area contributed by atoms with Crippen LogP contribution in [-0.2, 0) is 20.2 Å². The molecule has 0 bridgehead atoms. The fourth-order valence-electron chi connectivity index (χ4n) is 4.14. The van der Waals surface area contributed by atoms with Crippen LogP contribution in [-0.4, -0.2) is 32.5 Å². The van der Waals surface area contributed by atoms with Crippen molar-refractivity contribution in [2.45, 2.75) is 9.79 Å². The van der Waals surface area contributed by atoms with Gasteiger partial charge in [0.1, 0.15) is 21.3 Å².